The van der Waals surface area contributed by atoms with Gasteiger partial charge in [0.15, 0.2) is 0 Å². The third-order valence-corrected chi connectivity index (χ3v) is 7.28. The van der Waals surface area contributed by atoms with Crippen LogP contribution < -0.4 is 9.80 Å². The van der Waals surface area contributed by atoms with E-state index >= 15 is 0 Å². The molecule has 4 rings (SSSR count). The smallest absolute Gasteiger partial charge is 0.227 e. The number of aromatic nitrogens is 2. The van der Waals surface area contributed by atoms with Crippen molar-refractivity contribution in [1.29, 1.82) is 0 Å². The van der Waals surface area contributed by atoms with E-state index in [0.717, 1.165) is 63.3 Å². The van der Waals surface area contributed by atoms with E-state index in [1.807, 2.05) is 27.4 Å². The van der Waals surface area contributed by atoms with Gasteiger partial charge in [-0.3, -0.25) is 4.90 Å². The minimum atomic E-state index is 0.211. The average Bonchev–Trinajstić information content (AvgIpc) is 2.74. The van der Waals surface area contributed by atoms with Crippen LogP contribution in [0, 0.1) is 18.3 Å². The Kier molecular flexibility index (Phi) is 6.27. The molecule has 3 aliphatic rings. The van der Waals surface area contributed by atoms with E-state index in [-0.39, 0.29) is 5.41 Å². The maximum atomic E-state index is 5.78. The number of aryl methyl sites for hydroxylation is 1. The molecule has 0 radical (unpaired) electrons. The first kappa shape index (κ1) is 20.8. The quantitative estimate of drug-likeness (QED) is 0.747. The van der Waals surface area contributed by atoms with Gasteiger partial charge in [-0.1, -0.05) is 0 Å². The van der Waals surface area contributed by atoms with Crippen LogP contribution in [0.2, 0.25) is 0 Å². The molecule has 3 heterocycles. The molecule has 0 amide bonds. The van der Waals surface area contributed by atoms with Crippen molar-refractivity contribution in [3.8, 4) is 0 Å². The molecule has 1 aromatic rings. The lowest BCUT2D eigenvalue weighted by atomic mass is 9.62. The van der Waals surface area contributed by atoms with Crippen LogP contribution in [0.3, 0.4) is 0 Å². The van der Waals surface area contributed by atoms with Crippen molar-refractivity contribution >= 4 is 11.8 Å². The summed E-state index contributed by atoms with van der Waals surface area (Å²) in [5.74, 6) is 2.58. The molecule has 162 valence electrons. The maximum absolute atomic E-state index is 5.78. The number of nitrogens with zero attached hydrogens (tertiary/aromatic N) is 5. The van der Waals surface area contributed by atoms with E-state index in [4.69, 9.17) is 14.5 Å². The number of fused-ring (bicyclic) bond motifs is 1. The highest BCUT2D eigenvalue weighted by Gasteiger charge is 2.48. The van der Waals surface area contributed by atoms with Crippen molar-refractivity contribution in [3.63, 3.8) is 0 Å². The van der Waals surface area contributed by atoms with Crippen molar-refractivity contribution < 1.29 is 9.47 Å². The normalized spacial score (nSPS) is 30.8. The summed E-state index contributed by atoms with van der Waals surface area (Å²) >= 11 is 0. The van der Waals surface area contributed by atoms with Crippen molar-refractivity contribution in [2.45, 2.75) is 38.6 Å². The van der Waals surface area contributed by atoms with Gasteiger partial charge in [0.2, 0.25) is 5.95 Å². The van der Waals surface area contributed by atoms with Crippen LogP contribution in [0.1, 0.15) is 31.2 Å². The Morgan fingerprint density at radius 2 is 2.03 bits per heavy atom. The molecular formula is C22H37N5O2. The summed E-state index contributed by atoms with van der Waals surface area (Å²) in [5, 5.41) is 0. The SMILES string of the molecule is COC[C@@]12CC[C@@H](N3CCOCC3)C[C@H]1CCN(c1ncc(C)c(N(C)C)n1)C2. The number of rotatable bonds is 5. The summed E-state index contributed by atoms with van der Waals surface area (Å²) in [6, 6.07) is 0.705. The lowest BCUT2D eigenvalue weighted by Gasteiger charge is -2.54. The van der Waals surface area contributed by atoms with Crippen LogP contribution in [-0.2, 0) is 9.47 Å². The second-order valence-corrected chi connectivity index (χ2v) is 9.35. The Labute approximate surface area is 175 Å². The van der Waals surface area contributed by atoms with Gasteiger partial charge in [-0.05, 0) is 38.5 Å². The van der Waals surface area contributed by atoms with Gasteiger partial charge < -0.3 is 19.3 Å². The van der Waals surface area contributed by atoms with Crippen LogP contribution in [0.15, 0.2) is 6.20 Å². The van der Waals surface area contributed by atoms with Gasteiger partial charge in [0.25, 0.3) is 0 Å². The fraction of sp³-hybridized carbons (Fsp3) is 0.818. The molecular weight excluding hydrogens is 366 g/mol. The van der Waals surface area contributed by atoms with E-state index < -0.39 is 0 Å². The molecule has 0 aromatic carbocycles. The first-order valence-electron chi connectivity index (χ1n) is 11.1. The number of anilines is 2. The topological polar surface area (TPSA) is 54.0 Å². The standard InChI is InChI=1S/C22H37N5O2/c1-17-14-23-21(24-20(17)25(2)3)27-8-6-18-13-19(26-9-11-29-12-10-26)5-7-22(18,15-27)16-28-4/h14,18-19H,5-13,15-16H2,1-4H3/t18-,19-,22+/m1/s1. The molecule has 7 heteroatoms. The highest BCUT2D eigenvalue weighted by molar-refractivity contribution is 5.48. The third kappa shape index (κ3) is 4.23. The maximum Gasteiger partial charge on any atom is 0.227 e. The molecule has 1 aliphatic carbocycles. The largest absolute Gasteiger partial charge is 0.384 e. The van der Waals surface area contributed by atoms with Gasteiger partial charge in [-0.25, -0.2) is 4.98 Å². The number of hydrogen-bond acceptors (Lipinski definition) is 7. The predicted octanol–water partition coefficient (Wildman–Crippen LogP) is 2.19. The minimum absolute atomic E-state index is 0.211. The zero-order valence-corrected chi connectivity index (χ0v) is 18.6. The Balaban J connectivity index is 1.51. The molecule has 2 aliphatic heterocycles. The van der Waals surface area contributed by atoms with Crippen molar-refractivity contribution in [2.75, 3.05) is 77.0 Å². The number of piperidine rings is 1. The third-order valence-electron chi connectivity index (χ3n) is 7.28. The number of hydrogen-bond donors (Lipinski definition) is 0. The summed E-state index contributed by atoms with van der Waals surface area (Å²) in [6.07, 6.45) is 6.91. The van der Waals surface area contributed by atoms with Gasteiger partial charge in [-0.2, -0.15) is 4.98 Å². The van der Waals surface area contributed by atoms with Crippen LogP contribution >= 0.6 is 0 Å². The predicted molar refractivity (Wildman–Crippen MR) is 116 cm³/mol. The lowest BCUT2D eigenvalue weighted by molar-refractivity contribution is -0.0541. The monoisotopic (exact) mass is 403 g/mol. The first-order chi connectivity index (χ1) is 14.0. The molecule has 3 fully saturated rings. The van der Waals surface area contributed by atoms with Gasteiger partial charge in [0.1, 0.15) is 5.82 Å². The number of ether oxygens (including phenoxy) is 2. The lowest BCUT2D eigenvalue weighted by Crippen LogP contribution is -2.57. The number of methoxy groups -OCH3 is 1. The van der Waals surface area contributed by atoms with E-state index in [1.165, 1.54) is 25.7 Å². The van der Waals surface area contributed by atoms with E-state index in [1.54, 1.807) is 0 Å². The highest BCUT2D eigenvalue weighted by atomic mass is 16.5. The highest BCUT2D eigenvalue weighted by Crippen LogP contribution is 2.48. The van der Waals surface area contributed by atoms with Crippen molar-refractivity contribution in [3.05, 3.63) is 11.8 Å². The Hall–Kier alpha value is -1.44. The van der Waals surface area contributed by atoms with Gasteiger partial charge in [0, 0.05) is 70.6 Å². The molecule has 29 heavy (non-hydrogen) atoms. The first-order valence-corrected chi connectivity index (χ1v) is 11.1. The molecule has 7 nitrogen and oxygen atoms in total. The Bertz CT molecular complexity index is 694. The van der Waals surface area contributed by atoms with E-state index in [0.29, 0.717) is 12.0 Å². The van der Waals surface area contributed by atoms with Crippen LogP contribution in [0.5, 0.6) is 0 Å². The van der Waals surface area contributed by atoms with Crippen LogP contribution in [0.4, 0.5) is 11.8 Å². The van der Waals surface area contributed by atoms with Gasteiger partial charge >= 0.3 is 0 Å². The summed E-state index contributed by atoms with van der Waals surface area (Å²) < 4.78 is 11.3. The number of morpholine rings is 1. The van der Waals surface area contributed by atoms with E-state index in [2.05, 4.69) is 26.6 Å². The summed E-state index contributed by atoms with van der Waals surface area (Å²) in [7, 11) is 5.95. The molecule has 0 spiro atoms. The van der Waals surface area contributed by atoms with E-state index in [9.17, 15) is 0 Å². The van der Waals surface area contributed by atoms with Gasteiger partial charge in [-0.15, -0.1) is 0 Å². The second-order valence-electron chi connectivity index (χ2n) is 9.35. The molecule has 3 atom stereocenters. The second kappa shape index (κ2) is 8.74. The van der Waals surface area contributed by atoms with Crippen LogP contribution in [-0.4, -0.2) is 88.1 Å². The zero-order valence-electron chi connectivity index (χ0n) is 18.6. The van der Waals surface area contributed by atoms with Gasteiger partial charge in [0.05, 0.1) is 19.8 Å². The molecule has 1 saturated carbocycles. The van der Waals surface area contributed by atoms with Crippen molar-refractivity contribution in [2.24, 2.45) is 11.3 Å². The van der Waals surface area contributed by atoms with Crippen LogP contribution in [0.25, 0.3) is 0 Å². The summed E-state index contributed by atoms with van der Waals surface area (Å²) in [5.41, 5.74) is 1.33. The summed E-state index contributed by atoms with van der Waals surface area (Å²) in [4.78, 5) is 16.7. The Morgan fingerprint density at radius 1 is 1.24 bits per heavy atom. The summed E-state index contributed by atoms with van der Waals surface area (Å²) in [6.45, 7) is 8.88. The molecule has 0 N–H and O–H groups in total. The molecule has 1 aromatic heterocycles. The minimum Gasteiger partial charge on any atom is -0.384 e. The fourth-order valence-corrected chi connectivity index (χ4v) is 5.75. The average molecular weight is 404 g/mol. The fourth-order valence-electron chi connectivity index (χ4n) is 5.75. The molecule has 2 saturated heterocycles. The molecule has 0 unspecified atom stereocenters. The van der Waals surface area contributed by atoms with Crippen molar-refractivity contribution in [1.82, 2.24) is 14.9 Å². The zero-order chi connectivity index (χ0) is 20.4. The Morgan fingerprint density at radius 3 is 2.76 bits per heavy atom. The molecule has 0 bridgehead atoms.